The highest BCUT2D eigenvalue weighted by atomic mass is 32.2. The van der Waals surface area contributed by atoms with E-state index in [9.17, 15) is 4.39 Å². The van der Waals surface area contributed by atoms with Crippen LogP contribution in [0.4, 0.5) is 10.1 Å². The van der Waals surface area contributed by atoms with Gasteiger partial charge in [-0.1, -0.05) is 12.1 Å². The molecule has 0 radical (unpaired) electrons. The fourth-order valence-corrected chi connectivity index (χ4v) is 2.71. The van der Waals surface area contributed by atoms with E-state index in [1.54, 1.807) is 25.4 Å². The molecule has 0 saturated carbocycles. The van der Waals surface area contributed by atoms with Crippen molar-refractivity contribution >= 4 is 27.8 Å². The van der Waals surface area contributed by atoms with Gasteiger partial charge in [0.2, 0.25) is 0 Å². The van der Waals surface area contributed by atoms with E-state index in [1.165, 1.54) is 23.9 Å². The third kappa shape index (κ3) is 5.10. The Morgan fingerprint density at radius 3 is 2.54 bits per heavy atom. The van der Waals surface area contributed by atoms with Gasteiger partial charge < -0.3 is 15.4 Å². The molecule has 2 N–H and O–H groups in total. The quantitative estimate of drug-likeness (QED) is 0.793. The maximum absolute atomic E-state index is 12.9. The number of ether oxygens (including phenoxy) is 1. The Hall–Kier alpha value is -2.80. The SMILES string of the molecule is COc1ccc(CNC(C)=CN=C2N=C(Nc3ccc(F)cc3)S2)cc1. The number of halogens is 1. The molecular weight excluding hydrogens is 351 g/mol. The number of rotatable bonds is 6. The van der Waals surface area contributed by atoms with Gasteiger partial charge >= 0.3 is 0 Å². The zero-order valence-electron chi connectivity index (χ0n) is 14.5. The Balaban J connectivity index is 1.47. The second-order valence-corrected chi connectivity index (χ2v) is 6.53. The van der Waals surface area contributed by atoms with Crippen LogP contribution < -0.4 is 15.4 Å². The normalized spacial score (nSPS) is 15.3. The molecule has 0 saturated heterocycles. The summed E-state index contributed by atoms with van der Waals surface area (Å²) in [6.07, 6.45) is 1.75. The molecule has 0 aliphatic carbocycles. The van der Waals surface area contributed by atoms with Gasteiger partial charge in [-0.3, -0.25) is 0 Å². The molecule has 2 aromatic rings. The first kappa shape index (κ1) is 18.0. The van der Waals surface area contributed by atoms with Crippen LogP contribution >= 0.6 is 11.8 Å². The molecule has 1 aliphatic heterocycles. The van der Waals surface area contributed by atoms with Gasteiger partial charge in [0.05, 0.1) is 7.11 Å². The Morgan fingerprint density at radius 2 is 1.88 bits per heavy atom. The smallest absolute Gasteiger partial charge is 0.197 e. The van der Waals surface area contributed by atoms with Gasteiger partial charge in [-0.05, 0) is 60.6 Å². The fourth-order valence-electron chi connectivity index (χ4n) is 2.13. The van der Waals surface area contributed by atoms with Crippen LogP contribution in [0.2, 0.25) is 0 Å². The molecule has 0 bridgehead atoms. The van der Waals surface area contributed by atoms with Gasteiger partial charge in [-0.15, -0.1) is 0 Å². The lowest BCUT2D eigenvalue weighted by Gasteiger charge is -2.15. The highest BCUT2D eigenvalue weighted by Crippen LogP contribution is 2.22. The van der Waals surface area contributed by atoms with Crippen LogP contribution in [-0.4, -0.2) is 17.4 Å². The van der Waals surface area contributed by atoms with E-state index in [0.29, 0.717) is 11.7 Å². The third-order valence-corrected chi connectivity index (χ3v) is 4.35. The van der Waals surface area contributed by atoms with Gasteiger partial charge in [-0.2, -0.15) is 4.99 Å². The highest BCUT2D eigenvalue weighted by molar-refractivity contribution is 8.29. The Labute approximate surface area is 156 Å². The molecule has 0 unspecified atom stereocenters. The molecular formula is C19H19FN4OS. The van der Waals surface area contributed by atoms with Crippen LogP contribution in [0.5, 0.6) is 5.75 Å². The molecule has 0 amide bonds. The van der Waals surface area contributed by atoms with Crippen molar-refractivity contribution < 1.29 is 9.13 Å². The number of methoxy groups -OCH3 is 1. The highest BCUT2D eigenvalue weighted by Gasteiger charge is 2.16. The standard InChI is InChI=1S/C19H19FN4OS/c1-13(21-12-14-3-9-17(25-2)10-4-14)11-22-18-24-19(26-18)23-16-7-5-15(20)6-8-16/h3-11,21H,12H2,1-2H3,(H,22,23,24). The summed E-state index contributed by atoms with van der Waals surface area (Å²) in [5.74, 6) is 0.584. The van der Waals surface area contributed by atoms with Crippen LogP contribution in [0.3, 0.4) is 0 Å². The number of hydrogen-bond acceptors (Lipinski definition) is 5. The molecule has 1 heterocycles. The van der Waals surface area contributed by atoms with Crippen molar-refractivity contribution in [3.63, 3.8) is 0 Å². The predicted molar refractivity (Wildman–Crippen MR) is 106 cm³/mol. The zero-order valence-corrected chi connectivity index (χ0v) is 15.3. The van der Waals surface area contributed by atoms with Crippen LogP contribution in [0.25, 0.3) is 0 Å². The fraction of sp³-hybridized carbons (Fsp3) is 0.158. The molecule has 0 fully saturated rings. The number of nitrogens with zero attached hydrogens (tertiary/aromatic N) is 2. The first-order chi connectivity index (χ1) is 12.6. The minimum Gasteiger partial charge on any atom is -0.497 e. The van der Waals surface area contributed by atoms with Crippen molar-refractivity contribution in [1.29, 1.82) is 0 Å². The predicted octanol–water partition coefficient (Wildman–Crippen LogP) is 4.36. The van der Waals surface area contributed by atoms with Crippen LogP contribution in [0.15, 0.2) is 70.4 Å². The number of nitrogens with one attached hydrogen (secondary N) is 2. The average Bonchev–Trinajstić information content (AvgIpc) is 2.63. The van der Waals surface area contributed by atoms with Crippen molar-refractivity contribution in [2.24, 2.45) is 9.98 Å². The molecule has 7 heteroatoms. The molecule has 0 atom stereocenters. The van der Waals surface area contributed by atoms with Gasteiger partial charge in [-0.25, -0.2) is 9.38 Å². The number of amidine groups is 2. The second-order valence-electron chi connectivity index (χ2n) is 5.58. The maximum atomic E-state index is 12.9. The minimum atomic E-state index is -0.260. The largest absolute Gasteiger partial charge is 0.497 e. The van der Waals surface area contributed by atoms with Crippen molar-refractivity contribution in [3.05, 3.63) is 71.8 Å². The lowest BCUT2D eigenvalue weighted by molar-refractivity contribution is 0.414. The summed E-state index contributed by atoms with van der Waals surface area (Å²) in [4.78, 5) is 8.61. The summed E-state index contributed by atoms with van der Waals surface area (Å²) >= 11 is 1.44. The van der Waals surface area contributed by atoms with Crippen molar-refractivity contribution in [1.82, 2.24) is 5.32 Å². The van der Waals surface area contributed by atoms with Crippen LogP contribution in [-0.2, 0) is 6.54 Å². The summed E-state index contributed by atoms with van der Waals surface area (Å²) in [5.41, 5.74) is 2.90. The topological polar surface area (TPSA) is 58.0 Å². The zero-order chi connectivity index (χ0) is 18.4. The molecule has 3 rings (SSSR count). The summed E-state index contributed by atoms with van der Waals surface area (Å²) in [5, 5.41) is 7.82. The lowest BCUT2D eigenvalue weighted by Crippen LogP contribution is -2.19. The van der Waals surface area contributed by atoms with Crippen molar-refractivity contribution in [2.45, 2.75) is 13.5 Å². The van der Waals surface area contributed by atoms with Gasteiger partial charge in [0, 0.05) is 24.1 Å². The Kier molecular flexibility index (Phi) is 5.91. The molecule has 2 aromatic carbocycles. The molecule has 0 aromatic heterocycles. The second kappa shape index (κ2) is 8.53. The number of anilines is 1. The summed E-state index contributed by atoms with van der Waals surface area (Å²) < 4.78 is 18.0. The summed E-state index contributed by atoms with van der Waals surface area (Å²) in [7, 11) is 1.65. The van der Waals surface area contributed by atoms with E-state index in [-0.39, 0.29) is 5.82 Å². The summed E-state index contributed by atoms with van der Waals surface area (Å²) in [6.45, 7) is 2.67. The Morgan fingerprint density at radius 1 is 1.19 bits per heavy atom. The molecule has 134 valence electrons. The van der Waals surface area contributed by atoms with Gasteiger partial charge in [0.25, 0.3) is 0 Å². The number of aliphatic imine (C=N–C) groups is 2. The first-order valence-electron chi connectivity index (χ1n) is 8.03. The number of thioether (sulfide) groups is 1. The van der Waals surface area contributed by atoms with Crippen LogP contribution in [0, 0.1) is 5.82 Å². The van der Waals surface area contributed by atoms with Gasteiger partial charge in [0.1, 0.15) is 11.6 Å². The van der Waals surface area contributed by atoms with E-state index < -0.39 is 0 Å². The number of allylic oxidation sites excluding steroid dienone is 1. The lowest BCUT2D eigenvalue weighted by atomic mass is 10.2. The molecule has 0 spiro atoms. The Bertz CT molecular complexity index is 845. The van der Waals surface area contributed by atoms with E-state index in [2.05, 4.69) is 20.6 Å². The number of hydrogen-bond donors (Lipinski definition) is 2. The maximum Gasteiger partial charge on any atom is 0.197 e. The monoisotopic (exact) mass is 370 g/mol. The summed E-state index contributed by atoms with van der Waals surface area (Å²) in [6, 6.07) is 14.1. The van der Waals surface area contributed by atoms with Gasteiger partial charge in [0.15, 0.2) is 10.3 Å². The molecule has 5 nitrogen and oxygen atoms in total. The van der Waals surface area contributed by atoms with Crippen molar-refractivity contribution in [2.75, 3.05) is 12.4 Å². The molecule has 1 aliphatic rings. The average molecular weight is 370 g/mol. The minimum absolute atomic E-state index is 0.260. The van der Waals surface area contributed by atoms with E-state index >= 15 is 0 Å². The van der Waals surface area contributed by atoms with E-state index in [4.69, 9.17) is 4.74 Å². The van der Waals surface area contributed by atoms with Crippen molar-refractivity contribution in [3.8, 4) is 5.75 Å². The van der Waals surface area contributed by atoms with E-state index in [1.807, 2.05) is 31.2 Å². The first-order valence-corrected chi connectivity index (χ1v) is 8.84. The number of benzene rings is 2. The third-order valence-electron chi connectivity index (χ3n) is 3.58. The van der Waals surface area contributed by atoms with Crippen LogP contribution in [0.1, 0.15) is 12.5 Å². The molecule has 26 heavy (non-hydrogen) atoms. The van der Waals surface area contributed by atoms with E-state index in [0.717, 1.165) is 27.9 Å².